The number of hydrogen-bond acceptors (Lipinski definition) is 3. The Hall–Kier alpha value is -0.830. The van der Waals surface area contributed by atoms with E-state index in [4.69, 9.17) is 4.74 Å². The second kappa shape index (κ2) is 4.79. The molecule has 0 spiro atoms. The standard InChI is InChI=1S/C12H19NO2/c1-15-9-10-4-6-13(7-5-10)11-2-3-12(14)8-11/h8,10H,2-7,9H2,1H3. The lowest BCUT2D eigenvalue weighted by molar-refractivity contribution is -0.114. The van der Waals surface area contributed by atoms with Crippen molar-refractivity contribution in [3.8, 4) is 0 Å². The van der Waals surface area contributed by atoms with E-state index in [0.29, 0.717) is 18.1 Å². The van der Waals surface area contributed by atoms with E-state index in [1.165, 1.54) is 18.5 Å². The van der Waals surface area contributed by atoms with Gasteiger partial charge < -0.3 is 9.64 Å². The van der Waals surface area contributed by atoms with Gasteiger partial charge in [0, 0.05) is 45.0 Å². The van der Waals surface area contributed by atoms with Crippen LogP contribution in [-0.2, 0) is 9.53 Å². The van der Waals surface area contributed by atoms with Gasteiger partial charge >= 0.3 is 0 Å². The SMILES string of the molecule is COCC1CCN(C2=CC(=O)CC2)CC1. The highest BCUT2D eigenvalue weighted by Crippen LogP contribution is 2.25. The molecule has 0 amide bonds. The van der Waals surface area contributed by atoms with Crippen LogP contribution in [0.25, 0.3) is 0 Å². The molecule has 1 aliphatic carbocycles. The molecule has 2 aliphatic rings. The molecule has 0 saturated carbocycles. The maximum absolute atomic E-state index is 11.1. The fraction of sp³-hybridized carbons (Fsp3) is 0.750. The average molecular weight is 209 g/mol. The van der Waals surface area contributed by atoms with Gasteiger partial charge in [-0.3, -0.25) is 4.79 Å². The normalized spacial score (nSPS) is 23.4. The van der Waals surface area contributed by atoms with Gasteiger partial charge in [0.05, 0.1) is 0 Å². The Bertz CT molecular complexity index is 265. The van der Waals surface area contributed by atoms with Crippen molar-refractivity contribution in [2.24, 2.45) is 5.92 Å². The Morgan fingerprint density at radius 2 is 2.13 bits per heavy atom. The number of carbonyl (C=O) groups is 1. The minimum absolute atomic E-state index is 0.295. The Labute approximate surface area is 91.1 Å². The number of allylic oxidation sites excluding steroid dienone is 2. The Balaban J connectivity index is 1.83. The van der Waals surface area contributed by atoms with Crippen LogP contribution in [0.3, 0.4) is 0 Å². The van der Waals surface area contributed by atoms with Crippen LogP contribution in [0.15, 0.2) is 11.8 Å². The van der Waals surface area contributed by atoms with Crippen molar-refractivity contribution >= 4 is 5.78 Å². The summed E-state index contributed by atoms with van der Waals surface area (Å²) >= 11 is 0. The first kappa shape index (κ1) is 10.7. The van der Waals surface area contributed by atoms with Crippen LogP contribution in [-0.4, -0.2) is 37.5 Å². The molecular weight excluding hydrogens is 190 g/mol. The minimum atomic E-state index is 0.295. The van der Waals surface area contributed by atoms with E-state index >= 15 is 0 Å². The van der Waals surface area contributed by atoms with Gasteiger partial charge in [-0.25, -0.2) is 0 Å². The van der Waals surface area contributed by atoms with Crippen LogP contribution in [0, 0.1) is 5.92 Å². The number of methoxy groups -OCH3 is 1. The number of carbonyl (C=O) groups excluding carboxylic acids is 1. The molecule has 15 heavy (non-hydrogen) atoms. The second-order valence-corrected chi connectivity index (χ2v) is 4.49. The molecular formula is C12H19NO2. The molecule has 0 aromatic carbocycles. The van der Waals surface area contributed by atoms with Gasteiger partial charge in [-0.15, -0.1) is 0 Å². The topological polar surface area (TPSA) is 29.5 Å². The number of nitrogens with zero attached hydrogens (tertiary/aromatic N) is 1. The van der Waals surface area contributed by atoms with Crippen LogP contribution < -0.4 is 0 Å². The lowest BCUT2D eigenvalue weighted by atomic mass is 9.97. The first-order valence-electron chi connectivity index (χ1n) is 5.77. The molecule has 0 N–H and O–H groups in total. The van der Waals surface area contributed by atoms with E-state index in [-0.39, 0.29) is 0 Å². The van der Waals surface area contributed by atoms with Crippen molar-refractivity contribution in [3.63, 3.8) is 0 Å². The number of piperidine rings is 1. The Morgan fingerprint density at radius 3 is 2.67 bits per heavy atom. The fourth-order valence-corrected chi connectivity index (χ4v) is 2.45. The summed E-state index contributed by atoms with van der Waals surface area (Å²) in [6, 6.07) is 0. The van der Waals surface area contributed by atoms with Crippen LogP contribution in [0.4, 0.5) is 0 Å². The monoisotopic (exact) mass is 209 g/mol. The lowest BCUT2D eigenvalue weighted by Crippen LogP contribution is -2.34. The lowest BCUT2D eigenvalue weighted by Gasteiger charge is -2.34. The molecule has 84 valence electrons. The van der Waals surface area contributed by atoms with Gasteiger partial charge in [0.15, 0.2) is 5.78 Å². The van der Waals surface area contributed by atoms with Crippen LogP contribution >= 0.6 is 0 Å². The molecule has 0 unspecified atom stereocenters. The first-order chi connectivity index (χ1) is 7.29. The summed E-state index contributed by atoms with van der Waals surface area (Å²) in [5.41, 5.74) is 1.26. The molecule has 0 aromatic heterocycles. The molecule has 1 aliphatic heterocycles. The third-order valence-corrected chi connectivity index (χ3v) is 3.38. The molecule has 0 atom stereocenters. The third-order valence-electron chi connectivity index (χ3n) is 3.38. The van der Waals surface area contributed by atoms with Crippen molar-refractivity contribution in [3.05, 3.63) is 11.8 Å². The zero-order chi connectivity index (χ0) is 10.7. The highest BCUT2D eigenvalue weighted by Gasteiger charge is 2.23. The smallest absolute Gasteiger partial charge is 0.157 e. The third kappa shape index (κ3) is 2.59. The average Bonchev–Trinajstić information content (AvgIpc) is 2.67. The largest absolute Gasteiger partial charge is 0.384 e. The van der Waals surface area contributed by atoms with E-state index in [2.05, 4.69) is 4.90 Å². The van der Waals surface area contributed by atoms with E-state index in [0.717, 1.165) is 26.1 Å². The number of hydrogen-bond donors (Lipinski definition) is 0. The molecule has 0 radical (unpaired) electrons. The molecule has 1 fully saturated rings. The van der Waals surface area contributed by atoms with Crippen molar-refractivity contribution < 1.29 is 9.53 Å². The van der Waals surface area contributed by atoms with E-state index < -0.39 is 0 Å². The maximum atomic E-state index is 11.1. The molecule has 3 nitrogen and oxygen atoms in total. The molecule has 0 aromatic rings. The number of ketones is 1. The van der Waals surface area contributed by atoms with Crippen LogP contribution in [0.2, 0.25) is 0 Å². The van der Waals surface area contributed by atoms with Crippen molar-refractivity contribution in [2.75, 3.05) is 26.8 Å². The highest BCUT2D eigenvalue weighted by atomic mass is 16.5. The zero-order valence-corrected chi connectivity index (χ0v) is 9.37. The van der Waals surface area contributed by atoms with Gasteiger partial charge in [-0.2, -0.15) is 0 Å². The highest BCUT2D eigenvalue weighted by molar-refractivity contribution is 5.92. The fourth-order valence-electron chi connectivity index (χ4n) is 2.45. The molecule has 1 heterocycles. The Morgan fingerprint density at radius 1 is 1.40 bits per heavy atom. The van der Waals surface area contributed by atoms with Gasteiger partial charge in [0.1, 0.15) is 0 Å². The zero-order valence-electron chi connectivity index (χ0n) is 9.37. The molecule has 2 rings (SSSR count). The van der Waals surface area contributed by atoms with E-state index in [1.807, 2.05) is 6.08 Å². The molecule has 0 bridgehead atoms. The van der Waals surface area contributed by atoms with Crippen molar-refractivity contribution in [1.29, 1.82) is 0 Å². The van der Waals surface area contributed by atoms with Gasteiger partial charge in [-0.05, 0) is 25.2 Å². The van der Waals surface area contributed by atoms with Gasteiger partial charge in [0.2, 0.25) is 0 Å². The summed E-state index contributed by atoms with van der Waals surface area (Å²) in [7, 11) is 1.77. The number of likely N-dealkylation sites (tertiary alicyclic amines) is 1. The van der Waals surface area contributed by atoms with Crippen LogP contribution in [0.1, 0.15) is 25.7 Å². The van der Waals surface area contributed by atoms with Crippen molar-refractivity contribution in [2.45, 2.75) is 25.7 Å². The quantitative estimate of drug-likeness (QED) is 0.707. The van der Waals surface area contributed by atoms with E-state index in [9.17, 15) is 4.79 Å². The van der Waals surface area contributed by atoms with Crippen LogP contribution in [0.5, 0.6) is 0 Å². The summed E-state index contributed by atoms with van der Waals surface area (Å²) < 4.78 is 5.17. The van der Waals surface area contributed by atoms with Gasteiger partial charge in [0.25, 0.3) is 0 Å². The number of ether oxygens (including phenoxy) is 1. The van der Waals surface area contributed by atoms with Crippen molar-refractivity contribution in [1.82, 2.24) is 4.90 Å². The predicted molar refractivity (Wildman–Crippen MR) is 58.5 cm³/mol. The maximum Gasteiger partial charge on any atom is 0.157 e. The van der Waals surface area contributed by atoms with Gasteiger partial charge in [-0.1, -0.05) is 0 Å². The summed E-state index contributed by atoms with van der Waals surface area (Å²) in [6.45, 7) is 3.06. The summed E-state index contributed by atoms with van der Waals surface area (Å²) in [6.07, 6.45) is 5.89. The van der Waals surface area contributed by atoms with E-state index in [1.54, 1.807) is 7.11 Å². The summed E-state index contributed by atoms with van der Waals surface area (Å²) in [5.74, 6) is 1.01. The molecule has 3 heteroatoms. The number of rotatable bonds is 3. The first-order valence-corrected chi connectivity index (χ1v) is 5.77. The Kier molecular flexibility index (Phi) is 3.41. The second-order valence-electron chi connectivity index (χ2n) is 4.49. The predicted octanol–water partition coefficient (Wildman–Crippen LogP) is 1.59. The summed E-state index contributed by atoms with van der Waals surface area (Å²) in [4.78, 5) is 13.5. The molecule has 1 saturated heterocycles. The summed E-state index contributed by atoms with van der Waals surface area (Å²) in [5, 5.41) is 0. The minimum Gasteiger partial charge on any atom is -0.384 e.